The second kappa shape index (κ2) is 8.64. The van der Waals surface area contributed by atoms with E-state index in [0.29, 0.717) is 31.1 Å². The highest BCUT2D eigenvalue weighted by molar-refractivity contribution is 5.94. The molecule has 8 nitrogen and oxygen atoms in total. The average molecular weight is 383 g/mol. The number of nitrogens with one attached hydrogen (secondary N) is 2. The van der Waals surface area contributed by atoms with E-state index in [9.17, 15) is 9.90 Å². The molecule has 1 aromatic heterocycles. The Morgan fingerprint density at radius 1 is 1.32 bits per heavy atom. The predicted molar refractivity (Wildman–Crippen MR) is 104 cm³/mol. The summed E-state index contributed by atoms with van der Waals surface area (Å²) in [7, 11) is 0. The average Bonchev–Trinajstić information content (AvgIpc) is 2.69. The van der Waals surface area contributed by atoms with Gasteiger partial charge in [-0.15, -0.1) is 5.10 Å². The summed E-state index contributed by atoms with van der Waals surface area (Å²) in [5, 5.41) is 24.2. The van der Waals surface area contributed by atoms with E-state index in [0.717, 1.165) is 19.5 Å². The van der Waals surface area contributed by atoms with Crippen molar-refractivity contribution in [1.82, 2.24) is 20.4 Å². The van der Waals surface area contributed by atoms with Crippen LogP contribution in [0.1, 0.15) is 21.5 Å². The van der Waals surface area contributed by atoms with Crippen LogP contribution in [0.3, 0.4) is 0 Å². The van der Waals surface area contributed by atoms with Crippen LogP contribution in [0.2, 0.25) is 0 Å². The number of nitrogens with zero attached hydrogens (tertiary/aromatic N) is 3. The highest BCUT2D eigenvalue weighted by Crippen LogP contribution is 2.18. The van der Waals surface area contributed by atoms with Gasteiger partial charge in [0.1, 0.15) is 5.82 Å². The lowest BCUT2D eigenvalue weighted by Crippen LogP contribution is -2.42. The van der Waals surface area contributed by atoms with Crippen molar-refractivity contribution in [2.75, 3.05) is 38.2 Å². The molecule has 148 valence electrons. The summed E-state index contributed by atoms with van der Waals surface area (Å²) < 4.78 is 5.11. The van der Waals surface area contributed by atoms with Gasteiger partial charge in [-0.25, -0.2) is 0 Å². The fraction of sp³-hybridized carbons (Fsp3) is 0.450. The number of aromatic nitrogens is 2. The van der Waals surface area contributed by atoms with Crippen molar-refractivity contribution in [3.63, 3.8) is 0 Å². The van der Waals surface area contributed by atoms with Crippen molar-refractivity contribution in [2.24, 2.45) is 0 Å². The molecular formula is C20H25N5O3. The predicted octanol–water partition coefficient (Wildman–Crippen LogP) is 0.436. The number of fused-ring (bicyclic) bond motifs is 1. The number of carbonyl (C=O) groups excluding carboxylic acids is 1. The molecule has 0 radical (unpaired) electrons. The fourth-order valence-corrected chi connectivity index (χ4v) is 3.47. The number of benzene rings is 1. The Morgan fingerprint density at radius 3 is 2.93 bits per heavy atom. The molecule has 0 spiro atoms. The van der Waals surface area contributed by atoms with E-state index in [1.54, 1.807) is 6.07 Å². The van der Waals surface area contributed by atoms with Crippen LogP contribution in [0, 0.1) is 0 Å². The summed E-state index contributed by atoms with van der Waals surface area (Å²) in [6.07, 6.45) is 1.78. The Labute approximate surface area is 163 Å². The van der Waals surface area contributed by atoms with Gasteiger partial charge in [-0.1, -0.05) is 24.3 Å². The molecule has 3 N–H and O–H groups in total. The molecule has 28 heavy (non-hydrogen) atoms. The molecule has 3 heterocycles. The lowest BCUT2D eigenvalue weighted by atomic mass is 10.00. The zero-order valence-electron chi connectivity index (χ0n) is 15.7. The minimum atomic E-state index is -0.631. The third-order valence-corrected chi connectivity index (χ3v) is 5.08. The molecule has 1 atom stereocenters. The van der Waals surface area contributed by atoms with Crippen LogP contribution in [-0.2, 0) is 17.7 Å². The normalized spacial score (nSPS) is 18.0. The van der Waals surface area contributed by atoms with E-state index in [1.807, 2.05) is 6.07 Å². The summed E-state index contributed by atoms with van der Waals surface area (Å²) in [5.74, 6) is 0.277. The largest absolute Gasteiger partial charge is 0.390 e. The van der Waals surface area contributed by atoms with E-state index in [1.165, 1.54) is 17.3 Å². The molecule has 1 amide bonds. The molecule has 0 aliphatic carbocycles. The van der Waals surface area contributed by atoms with Crippen LogP contribution in [0.15, 0.2) is 36.5 Å². The summed E-state index contributed by atoms with van der Waals surface area (Å²) >= 11 is 0. The topological polar surface area (TPSA) is 99.6 Å². The van der Waals surface area contributed by atoms with Crippen molar-refractivity contribution in [1.29, 1.82) is 0 Å². The maximum absolute atomic E-state index is 12.4. The van der Waals surface area contributed by atoms with Gasteiger partial charge in [-0.3, -0.25) is 9.69 Å². The maximum Gasteiger partial charge on any atom is 0.253 e. The van der Waals surface area contributed by atoms with Gasteiger partial charge in [0, 0.05) is 26.2 Å². The van der Waals surface area contributed by atoms with Crippen LogP contribution < -0.4 is 10.6 Å². The molecule has 2 aliphatic heterocycles. The maximum atomic E-state index is 12.4. The number of aliphatic hydroxyl groups excluding tert-OH is 1. The SMILES string of the molecule is O=C(NC[C@H](O)CN1CCc2ccccc2C1)c1cnnc(NC2COC2)c1. The smallest absolute Gasteiger partial charge is 0.253 e. The first kappa shape index (κ1) is 18.8. The highest BCUT2D eigenvalue weighted by atomic mass is 16.5. The first-order valence-corrected chi connectivity index (χ1v) is 9.60. The first-order chi connectivity index (χ1) is 13.7. The molecule has 0 saturated carbocycles. The van der Waals surface area contributed by atoms with Crippen molar-refractivity contribution in [3.05, 3.63) is 53.2 Å². The van der Waals surface area contributed by atoms with Crippen LogP contribution in [0.25, 0.3) is 0 Å². The molecule has 8 heteroatoms. The van der Waals surface area contributed by atoms with E-state index in [2.05, 4.69) is 43.9 Å². The number of ether oxygens (including phenoxy) is 1. The van der Waals surface area contributed by atoms with Crippen molar-refractivity contribution >= 4 is 11.7 Å². The molecule has 0 bridgehead atoms. The van der Waals surface area contributed by atoms with Crippen LogP contribution in [0.5, 0.6) is 0 Å². The number of aliphatic hydroxyl groups is 1. The fourth-order valence-electron chi connectivity index (χ4n) is 3.47. The lowest BCUT2D eigenvalue weighted by Gasteiger charge is -2.30. The highest BCUT2D eigenvalue weighted by Gasteiger charge is 2.20. The zero-order valence-corrected chi connectivity index (χ0v) is 15.7. The second-order valence-electron chi connectivity index (χ2n) is 7.33. The summed E-state index contributed by atoms with van der Waals surface area (Å²) in [5.41, 5.74) is 3.10. The summed E-state index contributed by atoms with van der Waals surface area (Å²) in [4.78, 5) is 14.6. The lowest BCUT2D eigenvalue weighted by molar-refractivity contribution is 0.0209. The summed E-state index contributed by atoms with van der Waals surface area (Å²) in [6, 6.07) is 10.3. The van der Waals surface area contributed by atoms with Crippen LogP contribution >= 0.6 is 0 Å². The molecular weight excluding hydrogens is 358 g/mol. The Hall–Kier alpha value is -2.55. The Kier molecular flexibility index (Phi) is 5.80. The number of rotatable bonds is 7. The third kappa shape index (κ3) is 4.64. The molecule has 1 aromatic carbocycles. The molecule has 2 aliphatic rings. The Balaban J connectivity index is 1.25. The molecule has 1 saturated heterocycles. The number of hydrogen-bond acceptors (Lipinski definition) is 7. The third-order valence-electron chi connectivity index (χ3n) is 5.08. The van der Waals surface area contributed by atoms with E-state index < -0.39 is 6.10 Å². The van der Waals surface area contributed by atoms with Crippen LogP contribution in [-0.4, -0.2) is 71.1 Å². The molecule has 1 fully saturated rings. The number of hydrogen-bond donors (Lipinski definition) is 3. The number of amides is 1. The van der Waals surface area contributed by atoms with Gasteiger partial charge in [-0.2, -0.15) is 5.10 Å². The number of anilines is 1. The Bertz CT molecular complexity index is 827. The Morgan fingerprint density at radius 2 is 2.14 bits per heavy atom. The standard InChI is InChI=1S/C20H25N5O3/c26-18(11-25-6-5-14-3-1-2-4-15(14)10-25)9-21-20(27)16-7-19(24-22-8-16)23-17-12-28-13-17/h1-4,7-8,17-18,26H,5-6,9-13H2,(H,21,27)(H,23,24)/t18-/m0/s1. The molecule has 4 rings (SSSR count). The zero-order chi connectivity index (χ0) is 19.3. The van der Waals surface area contributed by atoms with Crippen molar-refractivity contribution < 1.29 is 14.6 Å². The monoisotopic (exact) mass is 383 g/mol. The van der Waals surface area contributed by atoms with E-state index in [4.69, 9.17) is 4.74 Å². The van der Waals surface area contributed by atoms with Gasteiger partial charge in [0.15, 0.2) is 0 Å². The number of β-amino-alcohol motifs (C(OH)–C–C–N with tert-alkyl or cyclic N) is 1. The minimum absolute atomic E-state index is 0.193. The van der Waals surface area contributed by atoms with Crippen molar-refractivity contribution in [2.45, 2.75) is 25.1 Å². The number of carbonyl (C=O) groups is 1. The van der Waals surface area contributed by atoms with E-state index in [-0.39, 0.29) is 18.5 Å². The van der Waals surface area contributed by atoms with Crippen molar-refractivity contribution in [3.8, 4) is 0 Å². The first-order valence-electron chi connectivity index (χ1n) is 9.60. The van der Waals surface area contributed by atoms with Gasteiger partial charge in [-0.05, 0) is 23.6 Å². The van der Waals surface area contributed by atoms with Gasteiger partial charge in [0.05, 0.1) is 37.1 Å². The van der Waals surface area contributed by atoms with E-state index >= 15 is 0 Å². The molecule has 2 aromatic rings. The summed E-state index contributed by atoms with van der Waals surface area (Å²) in [6.45, 7) is 3.72. The van der Waals surface area contributed by atoms with Gasteiger partial charge in [0.25, 0.3) is 5.91 Å². The van der Waals surface area contributed by atoms with Crippen LogP contribution in [0.4, 0.5) is 5.82 Å². The van der Waals surface area contributed by atoms with Gasteiger partial charge in [0.2, 0.25) is 0 Å². The van der Waals surface area contributed by atoms with Gasteiger partial charge < -0.3 is 20.5 Å². The minimum Gasteiger partial charge on any atom is -0.390 e. The quantitative estimate of drug-likeness (QED) is 0.638. The molecule has 0 unspecified atom stereocenters. The van der Waals surface area contributed by atoms with Gasteiger partial charge >= 0.3 is 0 Å². The second-order valence-corrected chi connectivity index (χ2v) is 7.33.